The molecule has 1 atom stereocenters. The van der Waals surface area contributed by atoms with Gasteiger partial charge in [-0.3, -0.25) is 0 Å². The normalized spacial score (nSPS) is 16.5. The van der Waals surface area contributed by atoms with Crippen molar-refractivity contribution in [2.45, 2.75) is 19.0 Å². The molecule has 0 unspecified atom stereocenters. The summed E-state index contributed by atoms with van der Waals surface area (Å²) in [5.74, 6) is 2.54. The van der Waals surface area contributed by atoms with Crippen molar-refractivity contribution in [1.29, 1.82) is 0 Å². The Labute approximate surface area is 131 Å². The molecule has 0 aromatic heterocycles. The predicted molar refractivity (Wildman–Crippen MR) is 85.8 cm³/mol. The monoisotopic (exact) mass is 299 g/mol. The van der Waals surface area contributed by atoms with Gasteiger partial charge in [0.05, 0.1) is 14.2 Å². The standard InChI is InChI=1S/C18H21NO3/c1-20-17-9-5-7-14(18(17)21-2)11-19-15-10-13-6-3-4-8-16(13)22-12-15/h3-9,15,19H,10-12H2,1-2H3/t15-/m0/s1. The van der Waals surface area contributed by atoms with Gasteiger partial charge in [0.15, 0.2) is 11.5 Å². The van der Waals surface area contributed by atoms with Crippen molar-refractivity contribution >= 4 is 0 Å². The van der Waals surface area contributed by atoms with E-state index in [1.165, 1.54) is 5.56 Å². The summed E-state index contributed by atoms with van der Waals surface area (Å²) in [7, 11) is 3.32. The molecule has 2 aromatic carbocycles. The number of benzene rings is 2. The Hall–Kier alpha value is -2.20. The zero-order valence-corrected chi connectivity index (χ0v) is 13.0. The number of rotatable bonds is 5. The second-order valence-corrected chi connectivity index (χ2v) is 5.35. The average Bonchev–Trinajstić information content (AvgIpc) is 2.59. The topological polar surface area (TPSA) is 39.7 Å². The molecule has 0 bridgehead atoms. The van der Waals surface area contributed by atoms with Crippen LogP contribution in [0, 0.1) is 0 Å². The molecule has 1 heterocycles. The minimum Gasteiger partial charge on any atom is -0.493 e. The molecule has 4 heteroatoms. The molecule has 0 saturated heterocycles. The molecule has 3 rings (SSSR count). The third-order valence-electron chi connectivity index (χ3n) is 3.94. The van der Waals surface area contributed by atoms with Crippen LogP contribution < -0.4 is 19.5 Å². The molecule has 0 amide bonds. The first-order valence-corrected chi connectivity index (χ1v) is 7.45. The molecular weight excluding hydrogens is 278 g/mol. The smallest absolute Gasteiger partial charge is 0.165 e. The minimum atomic E-state index is 0.297. The fourth-order valence-corrected chi connectivity index (χ4v) is 2.81. The Morgan fingerprint density at radius 1 is 1.09 bits per heavy atom. The third-order valence-corrected chi connectivity index (χ3v) is 3.94. The van der Waals surface area contributed by atoms with E-state index >= 15 is 0 Å². The van der Waals surface area contributed by atoms with Crippen molar-refractivity contribution in [1.82, 2.24) is 5.32 Å². The fourth-order valence-electron chi connectivity index (χ4n) is 2.81. The summed E-state index contributed by atoms with van der Waals surface area (Å²) in [4.78, 5) is 0. The Bertz CT molecular complexity index is 642. The Balaban J connectivity index is 1.67. The summed E-state index contributed by atoms with van der Waals surface area (Å²) < 4.78 is 16.6. The van der Waals surface area contributed by atoms with E-state index in [1.54, 1.807) is 14.2 Å². The third kappa shape index (κ3) is 3.02. The lowest BCUT2D eigenvalue weighted by Crippen LogP contribution is -2.38. The summed E-state index contributed by atoms with van der Waals surface area (Å²) in [5.41, 5.74) is 2.34. The largest absolute Gasteiger partial charge is 0.493 e. The van der Waals surface area contributed by atoms with Gasteiger partial charge in [-0.25, -0.2) is 0 Å². The van der Waals surface area contributed by atoms with Gasteiger partial charge in [-0.1, -0.05) is 30.3 Å². The van der Waals surface area contributed by atoms with Crippen molar-refractivity contribution in [2.75, 3.05) is 20.8 Å². The van der Waals surface area contributed by atoms with Gasteiger partial charge < -0.3 is 19.5 Å². The second-order valence-electron chi connectivity index (χ2n) is 5.35. The molecule has 0 fully saturated rings. The second kappa shape index (κ2) is 6.71. The maximum Gasteiger partial charge on any atom is 0.165 e. The zero-order chi connectivity index (χ0) is 15.4. The van der Waals surface area contributed by atoms with Crippen LogP contribution in [0.4, 0.5) is 0 Å². The highest BCUT2D eigenvalue weighted by atomic mass is 16.5. The molecule has 1 aliphatic rings. The van der Waals surface area contributed by atoms with E-state index in [2.05, 4.69) is 17.4 Å². The maximum absolute atomic E-state index is 5.81. The lowest BCUT2D eigenvalue weighted by molar-refractivity contribution is 0.237. The van der Waals surface area contributed by atoms with Gasteiger partial charge in [0.2, 0.25) is 0 Å². The molecule has 2 aromatic rings. The van der Waals surface area contributed by atoms with Crippen LogP contribution >= 0.6 is 0 Å². The van der Waals surface area contributed by atoms with E-state index in [0.29, 0.717) is 12.6 Å². The van der Waals surface area contributed by atoms with Gasteiger partial charge in [0, 0.05) is 18.2 Å². The number of hydrogen-bond acceptors (Lipinski definition) is 4. The molecule has 1 aliphatic heterocycles. The summed E-state index contributed by atoms with van der Waals surface area (Å²) >= 11 is 0. The number of nitrogens with one attached hydrogen (secondary N) is 1. The first kappa shape index (κ1) is 14.7. The lowest BCUT2D eigenvalue weighted by Gasteiger charge is -2.26. The molecule has 0 radical (unpaired) electrons. The van der Waals surface area contributed by atoms with Crippen molar-refractivity contribution in [2.24, 2.45) is 0 Å². The van der Waals surface area contributed by atoms with Gasteiger partial charge in [0.1, 0.15) is 12.4 Å². The number of methoxy groups -OCH3 is 2. The van der Waals surface area contributed by atoms with Crippen LogP contribution in [0.3, 0.4) is 0 Å². The summed E-state index contributed by atoms with van der Waals surface area (Å²) in [6.07, 6.45) is 0.975. The minimum absolute atomic E-state index is 0.297. The Morgan fingerprint density at radius 2 is 1.95 bits per heavy atom. The number of ether oxygens (including phenoxy) is 3. The van der Waals surface area contributed by atoms with Gasteiger partial charge in [-0.15, -0.1) is 0 Å². The van der Waals surface area contributed by atoms with Crippen LogP contribution in [0.1, 0.15) is 11.1 Å². The maximum atomic E-state index is 5.81. The molecule has 116 valence electrons. The number of para-hydroxylation sites is 2. The fraction of sp³-hybridized carbons (Fsp3) is 0.333. The van der Waals surface area contributed by atoms with Crippen molar-refractivity contribution in [3.05, 3.63) is 53.6 Å². The molecule has 0 saturated carbocycles. The Morgan fingerprint density at radius 3 is 2.77 bits per heavy atom. The Kier molecular flexibility index (Phi) is 4.49. The van der Waals surface area contributed by atoms with E-state index in [4.69, 9.17) is 14.2 Å². The van der Waals surface area contributed by atoms with E-state index < -0.39 is 0 Å². The van der Waals surface area contributed by atoms with E-state index in [0.717, 1.165) is 35.8 Å². The van der Waals surface area contributed by atoms with E-state index in [-0.39, 0.29) is 0 Å². The van der Waals surface area contributed by atoms with Crippen molar-refractivity contribution in [3.63, 3.8) is 0 Å². The molecule has 0 spiro atoms. The summed E-state index contributed by atoms with van der Waals surface area (Å²) in [6, 6.07) is 14.4. The van der Waals surface area contributed by atoms with Gasteiger partial charge in [0.25, 0.3) is 0 Å². The van der Waals surface area contributed by atoms with E-state index in [1.807, 2.05) is 30.3 Å². The van der Waals surface area contributed by atoms with Crippen LogP contribution in [0.25, 0.3) is 0 Å². The van der Waals surface area contributed by atoms with Crippen LogP contribution in [-0.4, -0.2) is 26.9 Å². The van der Waals surface area contributed by atoms with Crippen molar-refractivity contribution < 1.29 is 14.2 Å². The predicted octanol–water partition coefficient (Wildman–Crippen LogP) is 2.80. The summed E-state index contributed by atoms with van der Waals surface area (Å²) in [6.45, 7) is 1.40. The average molecular weight is 299 g/mol. The summed E-state index contributed by atoms with van der Waals surface area (Å²) in [5, 5.41) is 3.54. The van der Waals surface area contributed by atoms with Gasteiger partial charge >= 0.3 is 0 Å². The first-order valence-electron chi connectivity index (χ1n) is 7.45. The van der Waals surface area contributed by atoms with Crippen LogP contribution in [0.15, 0.2) is 42.5 Å². The van der Waals surface area contributed by atoms with Gasteiger partial charge in [-0.2, -0.15) is 0 Å². The number of fused-ring (bicyclic) bond motifs is 1. The highest BCUT2D eigenvalue weighted by Crippen LogP contribution is 2.31. The zero-order valence-electron chi connectivity index (χ0n) is 13.0. The molecule has 1 N–H and O–H groups in total. The first-order chi connectivity index (χ1) is 10.8. The van der Waals surface area contributed by atoms with Crippen molar-refractivity contribution in [3.8, 4) is 17.2 Å². The quantitative estimate of drug-likeness (QED) is 0.921. The molecule has 0 aliphatic carbocycles. The highest BCUT2D eigenvalue weighted by molar-refractivity contribution is 5.46. The van der Waals surface area contributed by atoms with Crippen LogP contribution in [0.5, 0.6) is 17.2 Å². The number of hydrogen-bond donors (Lipinski definition) is 1. The molecule has 4 nitrogen and oxygen atoms in total. The van der Waals surface area contributed by atoms with Crippen LogP contribution in [0.2, 0.25) is 0 Å². The SMILES string of the molecule is COc1cccc(CN[C@@H]2COc3ccccc3C2)c1OC. The molecular formula is C18H21NO3. The van der Waals surface area contributed by atoms with Gasteiger partial charge in [-0.05, 0) is 24.1 Å². The highest BCUT2D eigenvalue weighted by Gasteiger charge is 2.19. The van der Waals surface area contributed by atoms with E-state index in [9.17, 15) is 0 Å². The lowest BCUT2D eigenvalue weighted by atomic mass is 10.0. The molecule has 22 heavy (non-hydrogen) atoms. The van der Waals surface area contributed by atoms with Crippen LogP contribution in [-0.2, 0) is 13.0 Å².